The first kappa shape index (κ1) is 40.2. The average Bonchev–Trinajstić information content (AvgIpc) is 3.01. The maximum Gasteiger partial charge on any atom is 0.192 e. The smallest absolute Gasteiger partial charge is 0.192 e. The van der Waals surface area contributed by atoms with Crippen LogP contribution in [0.3, 0.4) is 0 Å². The molecule has 0 N–H and O–H groups in total. The van der Waals surface area contributed by atoms with Crippen LogP contribution in [0, 0.1) is 0 Å². The van der Waals surface area contributed by atoms with Gasteiger partial charge in [-0.2, -0.15) is 0 Å². The van der Waals surface area contributed by atoms with Gasteiger partial charge in [0.15, 0.2) is 8.32 Å². The average molecular weight is 607 g/mol. The van der Waals surface area contributed by atoms with Crippen LogP contribution in [0.1, 0.15) is 232 Å². The van der Waals surface area contributed by atoms with Crippen LogP contribution in [0.25, 0.3) is 0 Å². The van der Waals surface area contributed by atoms with E-state index >= 15 is 0 Å². The van der Waals surface area contributed by atoms with Gasteiger partial charge in [-0.05, 0) is 24.6 Å². The molecule has 1 heterocycles. The Kier molecular flexibility index (Phi) is 31.2. The predicted molar refractivity (Wildman–Crippen MR) is 194 cm³/mol. The molecule has 1 nitrogen and oxygen atoms in total. The summed E-state index contributed by atoms with van der Waals surface area (Å²) in [6.45, 7) is 5.71. The molecule has 0 bridgehead atoms. The minimum absolute atomic E-state index is 1.09. The Labute approximate surface area is 269 Å². The van der Waals surface area contributed by atoms with E-state index in [0.717, 1.165) is 6.61 Å². The van der Waals surface area contributed by atoms with Gasteiger partial charge in [0.05, 0.1) is 0 Å². The predicted octanol–water partition coefficient (Wildman–Crippen LogP) is 15.3. The molecule has 0 radical (unpaired) electrons. The first-order chi connectivity index (χ1) is 20.8. The van der Waals surface area contributed by atoms with Crippen molar-refractivity contribution >= 4 is 8.32 Å². The maximum absolute atomic E-state index is 6.63. The molecule has 2 heteroatoms. The molecule has 1 fully saturated rings. The minimum Gasteiger partial charge on any atom is -0.417 e. The van der Waals surface area contributed by atoms with Gasteiger partial charge in [-0.1, -0.05) is 226 Å². The molecule has 1 atom stereocenters. The van der Waals surface area contributed by atoms with Crippen molar-refractivity contribution in [3.8, 4) is 0 Å². The van der Waals surface area contributed by atoms with Crippen LogP contribution >= 0.6 is 0 Å². The van der Waals surface area contributed by atoms with E-state index < -0.39 is 8.32 Å². The number of unbranched alkanes of at least 4 members (excludes halogenated alkanes) is 30. The maximum atomic E-state index is 6.63. The lowest BCUT2D eigenvalue weighted by atomic mass is 10.0. The Morgan fingerprint density at radius 3 is 0.833 bits per heavy atom. The highest BCUT2D eigenvalue weighted by atomic mass is 28.4. The second kappa shape index (κ2) is 32.6. The van der Waals surface area contributed by atoms with E-state index in [2.05, 4.69) is 13.8 Å². The van der Waals surface area contributed by atoms with E-state index in [4.69, 9.17) is 4.43 Å². The van der Waals surface area contributed by atoms with Gasteiger partial charge in [-0.25, -0.2) is 0 Å². The van der Waals surface area contributed by atoms with Crippen molar-refractivity contribution < 1.29 is 4.43 Å². The fourth-order valence-corrected chi connectivity index (χ4v) is 11.9. The molecule has 0 aromatic carbocycles. The molecule has 0 saturated carbocycles. The van der Waals surface area contributed by atoms with Gasteiger partial charge >= 0.3 is 0 Å². The number of hydrogen-bond donors (Lipinski definition) is 0. The molecule has 1 rings (SSSR count). The van der Waals surface area contributed by atoms with Crippen LogP contribution in [0.15, 0.2) is 0 Å². The summed E-state index contributed by atoms with van der Waals surface area (Å²) in [5.74, 6) is 0. The lowest BCUT2D eigenvalue weighted by Crippen LogP contribution is -2.41. The van der Waals surface area contributed by atoms with Crippen LogP contribution in [-0.4, -0.2) is 14.9 Å². The van der Waals surface area contributed by atoms with Crippen molar-refractivity contribution in [3.05, 3.63) is 0 Å². The summed E-state index contributed by atoms with van der Waals surface area (Å²) in [4.78, 5) is 0. The highest BCUT2D eigenvalue weighted by Crippen LogP contribution is 2.33. The van der Waals surface area contributed by atoms with Crippen LogP contribution in [0.5, 0.6) is 0 Å². The summed E-state index contributed by atoms with van der Waals surface area (Å²) in [5, 5.41) is 0. The summed E-state index contributed by atoms with van der Waals surface area (Å²) in [5.41, 5.74) is 0. The summed E-state index contributed by atoms with van der Waals surface area (Å²) in [6.07, 6.45) is 49.8. The van der Waals surface area contributed by atoms with E-state index in [9.17, 15) is 0 Å². The molecule has 0 aliphatic carbocycles. The summed E-state index contributed by atoms with van der Waals surface area (Å²) in [7, 11) is -1.39. The molecule has 252 valence electrons. The highest BCUT2D eigenvalue weighted by Gasteiger charge is 2.35. The van der Waals surface area contributed by atoms with Crippen molar-refractivity contribution in [3.63, 3.8) is 0 Å². The molecule has 1 unspecified atom stereocenters. The molecule has 1 aliphatic heterocycles. The molecule has 0 aromatic heterocycles. The van der Waals surface area contributed by atoms with Gasteiger partial charge in [-0.3, -0.25) is 0 Å². The minimum atomic E-state index is -1.39. The fourth-order valence-electron chi connectivity index (χ4n) is 7.42. The SMILES string of the molecule is CCCCCCCCCCCCCCCCCCCCCCCCC[Si]1(CCCCCCCCCCC)CCCCO1. The first-order valence-electron chi connectivity index (χ1n) is 20.5. The molecule has 0 aromatic rings. The largest absolute Gasteiger partial charge is 0.417 e. The van der Waals surface area contributed by atoms with E-state index in [0.29, 0.717) is 0 Å². The van der Waals surface area contributed by atoms with Crippen LogP contribution in [0.4, 0.5) is 0 Å². The molecule has 0 spiro atoms. The van der Waals surface area contributed by atoms with Crippen LogP contribution in [-0.2, 0) is 4.43 Å². The van der Waals surface area contributed by atoms with Crippen molar-refractivity contribution in [2.75, 3.05) is 6.61 Å². The quantitative estimate of drug-likeness (QED) is 0.0523. The monoisotopic (exact) mass is 607 g/mol. The third kappa shape index (κ3) is 26.6. The zero-order chi connectivity index (χ0) is 30.1. The molecule has 0 amide bonds. The molecule has 1 aliphatic rings. The Balaban J connectivity index is 1.83. The van der Waals surface area contributed by atoms with Crippen molar-refractivity contribution in [2.45, 2.75) is 250 Å². The molecular weight excluding hydrogens is 525 g/mol. The molecule has 42 heavy (non-hydrogen) atoms. The first-order valence-corrected chi connectivity index (χ1v) is 23.0. The third-order valence-corrected chi connectivity index (χ3v) is 15.0. The number of rotatable bonds is 34. The van der Waals surface area contributed by atoms with Gasteiger partial charge in [0.25, 0.3) is 0 Å². The van der Waals surface area contributed by atoms with Gasteiger partial charge in [0.2, 0.25) is 0 Å². The molecule has 1 saturated heterocycles. The van der Waals surface area contributed by atoms with Crippen molar-refractivity contribution in [1.29, 1.82) is 0 Å². The summed E-state index contributed by atoms with van der Waals surface area (Å²) < 4.78 is 6.63. The topological polar surface area (TPSA) is 9.23 Å². The third-order valence-electron chi connectivity index (χ3n) is 10.4. The Morgan fingerprint density at radius 1 is 0.333 bits per heavy atom. The second-order valence-electron chi connectivity index (χ2n) is 14.6. The zero-order valence-electron chi connectivity index (χ0n) is 29.8. The fraction of sp³-hybridized carbons (Fsp3) is 1.00. The normalized spacial score (nSPS) is 17.3. The summed E-state index contributed by atoms with van der Waals surface area (Å²) in [6, 6.07) is 4.43. The van der Waals surface area contributed by atoms with Gasteiger partial charge in [0.1, 0.15) is 0 Å². The second-order valence-corrected chi connectivity index (χ2v) is 18.7. The van der Waals surface area contributed by atoms with E-state index in [1.165, 1.54) is 236 Å². The Hall–Kier alpha value is 0.177. The lowest BCUT2D eigenvalue weighted by Gasteiger charge is -2.35. The Morgan fingerprint density at radius 2 is 0.595 bits per heavy atom. The summed E-state index contributed by atoms with van der Waals surface area (Å²) >= 11 is 0. The van der Waals surface area contributed by atoms with E-state index in [1.807, 2.05) is 0 Å². The standard InChI is InChI=1S/C40H82OSi/c1-3-5-7-9-11-13-14-15-16-17-18-19-20-21-22-23-24-25-26-28-30-32-35-39-42(40-36-33-37-41-42)38-34-31-29-27-12-10-8-6-4-2/h3-40H2,1-2H3. The van der Waals surface area contributed by atoms with Crippen molar-refractivity contribution in [2.24, 2.45) is 0 Å². The van der Waals surface area contributed by atoms with E-state index in [-0.39, 0.29) is 0 Å². The van der Waals surface area contributed by atoms with E-state index in [1.54, 1.807) is 0 Å². The lowest BCUT2D eigenvalue weighted by molar-refractivity contribution is 0.263. The van der Waals surface area contributed by atoms with Gasteiger partial charge in [0, 0.05) is 6.61 Å². The van der Waals surface area contributed by atoms with Crippen LogP contribution in [0.2, 0.25) is 18.1 Å². The van der Waals surface area contributed by atoms with Crippen molar-refractivity contribution in [1.82, 2.24) is 0 Å². The van der Waals surface area contributed by atoms with Gasteiger partial charge < -0.3 is 4.43 Å². The van der Waals surface area contributed by atoms with Gasteiger partial charge in [-0.15, -0.1) is 0 Å². The zero-order valence-corrected chi connectivity index (χ0v) is 30.8. The molecular formula is C40H82OSi. The van der Waals surface area contributed by atoms with Crippen LogP contribution < -0.4 is 0 Å². The highest BCUT2D eigenvalue weighted by molar-refractivity contribution is 6.73. The Bertz CT molecular complexity index is 500. The number of hydrogen-bond acceptors (Lipinski definition) is 1.